The molecule has 0 saturated heterocycles. The van der Waals surface area contributed by atoms with Gasteiger partial charge in [-0.05, 0) is 50.5 Å². The number of aliphatic imine (C=N–C) groups is 1. The number of para-hydroxylation sites is 1. The van der Waals surface area contributed by atoms with Crippen LogP contribution < -0.4 is 4.74 Å². The van der Waals surface area contributed by atoms with Gasteiger partial charge in [0.1, 0.15) is 12.4 Å². The third-order valence-corrected chi connectivity index (χ3v) is 4.79. The molecule has 2 aliphatic rings. The third kappa shape index (κ3) is 2.20. The number of hydrogen-bond donors (Lipinski definition) is 0. The molecule has 0 bridgehead atoms. The molecule has 0 N–H and O–H groups in total. The quantitative estimate of drug-likeness (QED) is 0.794. The number of nitrogens with zero attached hydrogens (tertiary/aromatic N) is 2. The second-order valence-corrected chi connectivity index (χ2v) is 6.62. The van der Waals surface area contributed by atoms with Gasteiger partial charge in [-0.15, -0.1) is 0 Å². The number of aromatic nitrogens is 1. The van der Waals surface area contributed by atoms with Crippen LogP contribution in [-0.2, 0) is 0 Å². The Labute approximate surface area is 135 Å². The number of rotatable bonds is 1. The van der Waals surface area contributed by atoms with E-state index >= 15 is 0 Å². The highest BCUT2D eigenvalue weighted by molar-refractivity contribution is 6.33. The van der Waals surface area contributed by atoms with Crippen LogP contribution in [0, 0.1) is 13.8 Å². The summed E-state index contributed by atoms with van der Waals surface area (Å²) >= 11 is 6.34. The number of aryl methyl sites for hydroxylation is 2. The highest BCUT2D eigenvalue weighted by Crippen LogP contribution is 2.45. The fourth-order valence-corrected chi connectivity index (χ4v) is 3.00. The van der Waals surface area contributed by atoms with Crippen LogP contribution in [-0.4, -0.2) is 22.8 Å². The molecule has 4 rings (SSSR count). The summed E-state index contributed by atoms with van der Waals surface area (Å²) in [5.74, 6) is 0.741. The Morgan fingerprint density at radius 1 is 1.23 bits per heavy atom. The molecule has 1 aromatic carbocycles. The van der Waals surface area contributed by atoms with Crippen LogP contribution in [0.15, 0.2) is 35.5 Å². The van der Waals surface area contributed by atoms with E-state index in [9.17, 15) is 0 Å². The molecule has 4 heteroatoms. The van der Waals surface area contributed by atoms with E-state index in [0.29, 0.717) is 11.6 Å². The molecule has 3 nitrogen and oxygen atoms in total. The molecule has 22 heavy (non-hydrogen) atoms. The van der Waals surface area contributed by atoms with E-state index in [2.05, 4.69) is 18.0 Å². The van der Waals surface area contributed by atoms with Crippen molar-refractivity contribution in [3.05, 3.63) is 57.9 Å². The second-order valence-electron chi connectivity index (χ2n) is 6.22. The first-order valence-corrected chi connectivity index (χ1v) is 7.91. The van der Waals surface area contributed by atoms with Gasteiger partial charge in [0.05, 0.1) is 16.3 Å². The summed E-state index contributed by atoms with van der Waals surface area (Å²) in [7, 11) is 0. The van der Waals surface area contributed by atoms with Crippen molar-refractivity contribution in [2.45, 2.75) is 32.2 Å². The van der Waals surface area contributed by atoms with Crippen LogP contribution in [0.5, 0.6) is 5.75 Å². The average Bonchev–Trinajstić information content (AvgIpc) is 3.29. The number of fused-ring (bicyclic) bond motifs is 1. The molecule has 1 fully saturated rings. The first-order valence-electron chi connectivity index (χ1n) is 7.53. The van der Waals surface area contributed by atoms with Crippen molar-refractivity contribution in [1.82, 2.24) is 4.98 Å². The summed E-state index contributed by atoms with van der Waals surface area (Å²) < 4.78 is 6.00. The molecule has 0 amide bonds. The summed E-state index contributed by atoms with van der Waals surface area (Å²) in [6, 6.07) is 7.98. The number of halogens is 1. The molecule has 112 valence electrons. The average molecular weight is 313 g/mol. The van der Waals surface area contributed by atoms with Gasteiger partial charge in [-0.25, -0.2) is 0 Å². The van der Waals surface area contributed by atoms with Crippen LogP contribution in [0.4, 0.5) is 0 Å². The lowest BCUT2D eigenvalue weighted by atomic mass is 10.0. The number of ether oxygens (including phenoxy) is 1. The minimum atomic E-state index is -0.0729. The molecular weight excluding hydrogens is 296 g/mol. The van der Waals surface area contributed by atoms with Gasteiger partial charge in [0.15, 0.2) is 0 Å². The third-order valence-electron chi connectivity index (χ3n) is 4.50. The molecule has 2 aromatic rings. The second kappa shape index (κ2) is 4.82. The van der Waals surface area contributed by atoms with Crippen molar-refractivity contribution >= 4 is 17.3 Å². The highest BCUT2D eigenvalue weighted by atomic mass is 35.5. The largest absolute Gasteiger partial charge is 0.489 e. The summed E-state index contributed by atoms with van der Waals surface area (Å²) in [5, 5.41) is 0.639. The molecule has 0 unspecified atom stereocenters. The molecule has 1 saturated carbocycles. The van der Waals surface area contributed by atoms with Crippen molar-refractivity contribution < 1.29 is 4.74 Å². The summed E-state index contributed by atoms with van der Waals surface area (Å²) in [6.07, 6.45) is 4.04. The van der Waals surface area contributed by atoms with Gasteiger partial charge in [0.25, 0.3) is 0 Å². The van der Waals surface area contributed by atoms with E-state index in [0.717, 1.165) is 41.1 Å². The Balaban J connectivity index is 1.93. The van der Waals surface area contributed by atoms with Crippen LogP contribution in [0.2, 0.25) is 5.02 Å². The highest BCUT2D eigenvalue weighted by Gasteiger charge is 2.46. The Hall–Kier alpha value is -1.87. The van der Waals surface area contributed by atoms with Gasteiger partial charge in [-0.1, -0.05) is 17.7 Å². The SMILES string of the molecule is Cc1cc(C2=NC3(CC3)COc3c(Cl)cccc32)cnc1C. The zero-order valence-electron chi connectivity index (χ0n) is 12.7. The minimum absolute atomic E-state index is 0.0729. The molecule has 0 atom stereocenters. The number of pyridine rings is 1. The lowest BCUT2D eigenvalue weighted by Gasteiger charge is -2.11. The van der Waals surface area contributed by atoms with E-state index in [-0.39, 0.29) is 5.54 Å². The topological polar surface area (TPSA) is 34.5 Å². The van der Waals surface area contributed by atoms with E-state index < -0.39 is 0 Å². The Morgan fingerprint density at radius 2 is 2.05 bits per heavy atom. The first kappa shape index (κ1) is 13.8. The summed E-state index contributed by atoms with van der Waals surface area (Å²) in [5.41, 5.74) is 5.07. The summed E-state index contributed by atoms with van der Waals surface area (Å²) in [4.78, 5) is 9.53. The van der Waals surface area contributed by atoms with Gasteiger partial charge < -0.3 is 4.74 Å². The molecule has 1 aliphatic carbocycles. The number of hydrogen-bond acceptors (Lipinski definition) is 3. The van der Waals surface area contributed by atoms with Crippen molar-refractivity contribution in [3.8, 4) is 5.75 Å². The lowest BCUT2D eigenvalue weighted by Crippen LogP contribution is -2.16. The number of benzene rings is 1. The van der Waals surface area contributed by atoms with Gasteiger partial charge in [-0.2, -0.15) is 0 Å². The Morgan fingerprint density at radius 3 is 2.77 bits per heavy atom. The van der Waals surface area contributed by atoms with Crippen molar-refractivity contribution in [2.24, 2.45) is 4.99 Å². The van der Waals surface area contributed by atoms with E-state index in [4.69, 9.17) is 21.3 Å². The molecule has 1 aromatic heterocycles. The van der Waals surface area contributed by atoms with Gasteiger partial charge >= 0.3 is 0 Å². The molecule has 1 aliphatic heterocycles. The van der Waals surface area contributed by atoms with E-state index in [1.165, 1.54) is 5.56 Å². The standard InChI is InChI=1S/C18H17ClN2O/c1-11-8-13(9-20-12(11)2)16-14-4-3-5-15(19)17(14)22-10-18(21-16)6-7-18/h3-5,8-9H,6-7,10H2,1-2H3. The fraction of sp³-hybridized carbons (Fsp3) is 0.333. The van der Waals surface area contributed by atoms with Crippen molar-refractivity contribution in [1.29, 1.82) is 0 Å². The van der Waals surface area contributed by atoms with Crippen LogP contribution in [0.1, 0.15) is 35.2 Å². The zero-order valence-corrected chi connectivity index (χ0v) is 13.4. The summed E-state index contributed by atoms with van der Waals surface area (Å²) in [6.45, 7) is 4.70. The van der Waals surface area contributed by atoms with Crippen LogP contribution in [0.25, 0.3) is 0 Å². The van der Waals surface area contributed by atoms with Gasteiger partial charge in [0.2, 0.25) is 0 Å². The fourth-order valence-electron chi connectivity index (χ4n) is 2.77. The van der Waals surface area contributed by atoms with Crippen LogP contribution in [0.3, 0.4) is 0 Å². The van der Waals surface area contributed by atoms with Crippen LogP contribution >= 0.6 is 11.6 Å². The Bertz CT molecular complexity index is 794. The Kier molecular flexibility index (Phi) is 3.01. The maximum atomic E-state index is 6.34. The van der Waals surface area contributed by atoms with Crippen molar-refractivity contribution in [2.75, 3.05) is 6.61 Å². The maximum Gasteiger partial charge on any atom is 0.147 e. The van der Waals surface area contributed by atoms with Crippen molar-refractivity contribution in [3.63, 3.8) is 0 Å². The first-order chi connectivity index (χ1) is 10.6. The smallest absolute Gasteiger partial charge is 0.147 e. The molecular formula is C18H17ClN2O. The van der Waals surface area contributed by atoms with E-state index in [1.54, 1.807) is 0 Å². The predicted molar refractivity (Wildman–Crippen MR) is 88.3 cm³/mol. The van der Waals surface area contributed by atoms with E-state index in [1.807, 2.05) is 31.3 Å². The normalized spacial score (nSPS) is 18.2. The maximum absolute atomic E-state index is 6.34. The molecule has 0 radical (unpaired) electrons. The minimum Gasteiger partial charge on any atom is -0.489 e. The molecule has 1 spiro atoms. The monoisotopic (exact) mass is 312 g/mol. The van der Waals surface area contributed by atoms with Gasteiger partial charge in [0, 0.05) is 23.0 Å². The van der Waals surface area contributed by atoms with Gasteiger partial charge in [-0.3, -0.25) is 9.98 Å². The molecule has 2 heterocycles. The predicted octanol–water partition coefficient (Wildman–Crippen LogP) is 4.11. The lowest BCUT2D eigenvalue weighted by molar-refractivity contribution is 0.284. The zero-order chi connectivity index (χ0) is 15.3.